The number of carbonyl (C=O) groups excluding carboxylic acids is 1. The van der Waals surface area contributed by atoms with Crippen molar-refractivity contribution in [2.45, 2.75) is 33.1 Å². The van der Waals surface area contributed by atoms with Gasteiger partial charge >= 0.3 is 5.78 Å². The van der Waals surface area contributed by atoms with Crippen molar-refractivity contribution in [3.8, 4) is 22.4 Å². The van der Waals surface area contributed by atoms with Gasteiger partial charge in [-0.1, -0.05) is 85.6 Å². The largest absolute Gasteiger partial charge is 0.512 e. The zero-order valence-corrected chi connectivity index (χ0v) is 23.7. The van der Waals surface area contributed by atoms with Crippen molar-refractivity contribution in [3.63, 3.8) is 0 Å². The molecule has 4 aromatic carbocycles. The summed E-state index contributed by atoms with van der Waals surface area (Å²) in [6, 6.07) is 31.8. The maximum absolute atomic E-state index is 8.40. The van der Waals surface area contributed by atoms with Gasteiger partial charge in [-0.15, -0.1) is 29.3 Å². The monoisotopic (exact) mass is 664 g/mol. The molecule has 0 unspecified atom stereocenters. The van der Waals surface area contributed by atoms with Crippen LogP contribution in [0.2, 0.25) is 0 Å². The van der Waals surface area contributed by atoms with Gasteiger partial charge in [0.25, 0.3) is 0 Å². The Labute approximate surface area is 231 Å². The smallest absolute Gasteiger partial charge is 0.316 e. The second-order valence-electron chi connectivity index (χ2n) is 9.81. The molecule has 5 aromatic rings. The first kappa shape index (κ1) is 26.5. The number of aromatic nitrogens is 1. The number of hydrogen-bond acceptors (Lipinski definition) is 2. The van der Waals surface area contributed by atoms with Crippen LogP contribution in [0.5, 0.6) is 0 Å². The van der Waals surface area contributed by atoms with Crippen LogP contribution in [-0.2, 0) is 25.5 Å². The number of fused-ring (bicyclic) bond motifs is 6. The first-order valence-electron chi connectivity index (χ1n) is 12.1. The van der Waals surface area contributed by atoms with E-state index in [-0.39, 0.29) is 37.1 Å². The Bertz CT molecular complexity index is 1660. The molecule has 3 nitrogen and oxygen atoms in total. The Morgan fingerprint density at radius 2 is 1.59 bits per heavy atom. The predicted molar refractivity (Wildman–Crippen MR) is 150 cm³/mol. The van der Waals surface area contributed by atoms with Gasteiger partial charge in [0.1, 0.15) is 0 Å². The molecule has 1 radical (unpaired) electrons. The fourth-order valence-corrected chi connectivity index (χ4v) is 5.23. The number of pyridine rings is 1. The second-order valence-corrected chi connectivity index (χ2v) is 9.81. The molecule has 1 aromatic heterocycles. The third-order valence-electron chi connectivity index (χ3n) is 6.86. The van der Waals surface area contributed by atoms with Crippen molar-refractivity contribution in [2.24, 2.45) is 0 Å². The van der Waals surface area contributed by atoms with Crippen molar-refractivity contribution >= 4 is 27.3 Å². The maximum atomic E-state index is 8.40. The van der Waals surface area contributed by atoms with E-state index in [2.05, 4.69) is 98.8 Å². The summed E-state index contributed by atoms with van der Waals surface area (Å²) in [7, 11) is 0. The minimum Gasteiger partial charge on any atom is -0.512 e. The van der Waals surface area contributed by atoms with Crippen molar-refractivity contribution < 1.29 is 30.0 Å². The third-order valence-corrected chi connectivity index (χ3v) is 6.86. The van der Waals surface area contributed by atoms with Crippen molar-refractivity contribution in [2.75, 3.05) is 0 Å². The van der Waals surface area contributed by atoms with E-state index in [9.17, 15) is 0 Å². The Hall–Kier alpha value is -3.59. The maximum Gasteiger partial charge on any atom is 0.316 e. The van der Waals surface area contributed by atoms with Crippen LogP contribution in [0.3, 0.4) is 0 Å². The topological polar surface area (TPSA) is 54.5 Å². The summed E-state index contributed by atoms with van der Waals surface area (Å²) in [5, 5.41) is 13.3. The van der Waals surface area contributed by atoms with Gasteiger partial charge in [-0.2, -0.15) is 0 Å². The van der Waals surface area contributed by atoms with Gasteiger partial charge in [-0.25, -0.2) is 0 Å². The van der Waals surface area contributed by atoms with Crippen LogP contribution in [0.1, 0.15) is 38.8 Å². The summed E-state index contributed by atoms with van der Waals surface area (Å²) in [6.07, 6.45) is 3.20. The van der Waals surface area contributed by atoms with E-state index in [1.165, 1.54) is 63.7 Å². The molecule has 2 N–H and O–H groups in total. The summed E-state index contributed by atoms with van der Waals surface area (Å²) >= 11 is 0. The Morgan fingerprint density at radius 1 is 0.865 bits per heavy atom. The zero-order chi connectivity index (χ0) is 25.4. The number of benzene rings is 4. The van der Waals surface area contributed by atoms with Crippen LogP contribution in [0.4, 0.5) is 0 Å². The molecule has 0 saturated heterocycles. The molecule has 0 aliphatic heterocycles. The van der Waals surface area contributed by atoms with E-state index in [0.717, 1.165) is 11.3 Å². The quantitative estimate of drug-likeness (QED) is 0.0681. The minimum absolute atomic E-state index is 0. The molecule has 1 aliphatic rings. The summed E-state index contributed by atoms with van der Waals surface area (Å²) in [5.41, 5.74) is 7.40. The molecule has 4 heteroatoms. The van der Waals surface area contributed by atoms with Crippen LogP contribution in [0.25, 0.3) is 43.9 Å². The van der Waals surface area contributed by atoms with Crippen LogP contribution >= 0.6 is 0 Å². The third kappa shape index (κ3) is 4.87. The standard InChI is InChI=1S/C28H20N.C5H8O2.Ir/c1-28(2)25-10-6-5-9-22(25)23-13-12-19(17-26(23)28)27-24-14-11-18-7-3-4-8-20(18)21(24)15-16-29-27;1-4(6)3-5(2)7;/h3-11,13-17H,1-2H3;3,6H,1-2H3;/q-1;;/p+1/b;4-3-;. The average Bonchev–Trinajstić information content (AvgIpc) is 3.09. The molecule has 0 atom stereocenters. The van der Waals surface area contributed by atoms with Gasteiger partial charge in [0.15, 0.2) is 0 Å². The molecular formula is C33H29IrNO2. The molecule has 1 heterocycles. The van der Waals surface area contributed by atoms with Crippen LogP contribution in [0, 0.1) is 6.07 Å². The Balaban J connectivity index is 0.000000356. The Morgan fingerprint density at radius 3 is 2.32 bits per heavy atom. The van der Waals surface area contributed by atoms with Crippen LogP contribution in [0.15, 0.2) is 96.9 Å². The average molecular weight is 664 g/mol. The fourth-order valence-electron chi connectivity index (χ4n) is 5.23. The number of aliphatic hydroxyl groups excluding tert-OH is 1. The van der Waals surface area contributed by atoms with E-state index in [4.69, 9.17) is 14.9 Å². The number of nitrogens with zero attached hydrogens (tertiary/aromatic N) is 1. The van der Waals surface area contributed by atoms with Gasteiger partial charge in [0.05, 0.1) is 18.8 Å². The second kappa shape index (κ2) is 10.4. The summed E-state index contributed by atoms with van der Waals surface area (Å²) in [5.74, 6) is 0.250. The molecule has 0 spiro atoms. The van der Waals surface area contributed by atoms with E-state index >= 15 is 0 Å². The van der Waals surface area contributed by atoms with Crippen molar-refractivity contribution in [1.82, 2.24) is 4.98 Å². The van der Waals surface area contributed by atoms with E-state index < -0.39 is 0 Å². The molecular weight excluding hydrogens is 635 g/mol. The molecule has 0 fully saturated rings. The van der Waals surface area contributed by atoms with Gasteiger partial charge in [-0.3, -0.25) is 4.79 Å². The van der Waals surface area contributed by atoms with E-state index in [0.29, 0.717) is 0 Å². The van der Waals surface area contributed by atoms with Crippen LogP contribution in [-0.4, -0.2) is 20.7 Å². The number of rotatable bonds is 2. The van der Waals surface area contributed by atoms with Crippen molar-refractivity contribution in [1.29, 1.82) is 0 Å². The molecule has 0 amide bonds. The molecule has 6 rings (SSSR count). The van der Waals surface area contributed by atoms with Crippen molar-refractivity contribution in [3.05, 3.63) is 114 Å². The van der Waals surface area contributed by atoms with Crippen LogP contribution < -0.4 is 0 Å². The van der Waals surface area contributed by atoms with E-state index in [1.807, 2.05) is 6.20 Å². The number of aliphatic hydroxyl groups is 1. The van der Waals surface area contributed by atoms with Gasteiger partial charge in [0, 0.05) is 26.3 Å². The summed E-state index contributed by atoms with van der Waals surface area (Å²) in [4.78, 5) is 13.2. The first-order valence-corrected chi connectivity index (χ1v) is 12.1. The Kier molecular flexibility index (Phi) is 7.45. The number of allylic oxidation sites excluding steroid dienone is 2. The first-order chi connectivity index (χ1) is 17.3. The van der Waals surface area contributed by atoms with Gasteiger partial charge in [0.2, 0.25) is 0 Å². The number of ketones is 1. The summed E-state index contributed by atoms with van der Waals surface area (Å²) < 4.78 is 0. The summed E-state index contributed by atoms with van der Waals surface area (Å²) in [6.45, 7) is 7.62. The van der Waals surface area contributed by atoms with E-state index in [1.54, 1.807) is 0 Å². The zero-order valence-electron chi connectivity index (χ0n) is 21.3. The normalized spacial score (nSPS) is 13.2. The molecule has 0 saturated carbocycles. The predicted octanol–water partition coefficient (Wildman–Crippen LogP) is 8.17. The number of hydrogen-bond donors (Lipinski definition) is 1. The molecule has 1 aliphatic carbocycles. The molecule has 187 valence electrons. The molecule has 0 bridgehead atoms. The fraction of sp³-hybridized carbons (Fsp3) is 0.152. The molecule has 37 heavy (non-hydrogen) atoms. The SMILES string of the molecule is CC(=[OH+])/C=C(/C)O.CC1(C)c2ccccc2-c2c[c-]c(-c3nccc4c3ccc3ccccc34)cc21.[Ir]. The van der Waals surface area contributed by atoms with Gasteiger partial charge < -0.3 is 10.1 Å². The minimum atomic E-state index is -0.0208. The van der Waals surface area contributed by atoms with Gasteiger partial charge in [-0.05, 0) is 51.2 Å².